The van der Waals surface area contributed by atoms with Gasteiger partial charge in [0.15, 0.2) is 6.61 Å². The number of aliphatic carboxylic acids is 1. The largest absolute Gasteiger partial charge is 0.508 e. The van der Waals surface area contributed by atoms with Crippen LogP contribution in [0.5, 0.6) is 5.75 Å². The van der Waals surface area contributed by atoms with Gasteiger partial charge in [0, 0.05) is 5.69 Å². The summed E-state index contributed by atoms with van der Waals surface area (Å²) in [6, 6.07) is 12.1. The molecule has 12 nitrogen and oxygen atoms in total. The number of hydrogen-bond donors (Lipinski definition) is 5. The zero-order valence-corrected chi connectivity index (χ0v) is 30.2. The number of Topliss-reactive ketones (excluding diaryl/α,β-unsaturated/α-hetero) is 1. The Labute approximate surface area is 300 Å². The van der Waals surface area contributed by atoms with Crippen molar-refractivity contribution in [1.82, 2.24) is 15.4 Å². The molecule has 1 heterocycles. The van der Waals surface area contributed by atoms with Crippen LogP contribution in [0, 0.1) is 0 Å². The molecule has 0 saturated heterocycles. The van der Waals surface area contributed by atoms with Crippen molar-refractivity contribution >= 4 is 58.9 Å². The molecule has 0 fully saturated rings. The lowest BCUT2D eigenvalue weighted by molar-refractivity contribution is -0.141. The predicted molar refractivity (Wildman–Crippen MR) is 194 cm³/mol. The number of amides is 3. The van der Waals surface area contributed by atoms with E-state index in [1.807, 2.05) is 30.3 Å². The second-order valence-corrected chi connectivity index (χ2v) is 13.9. The van der Waals surface area contributed by atoms with E-state index in [0.29, 0.717) is 29.0 Å². The molecule has 4 rings (SSSR count). The van der Waals surface area contributed by atoms with E-state index < -0.39 is 47.3 Å². The zero-order chi connectivity index (χ0) is 36.4. The average molecular weight is 725 g/mol. The summed E-state index contributed by atoms with van der Waals surface area (Å²) < 4.78 is 9.44. The first-order valence-electron chi connectivity index (χ1n) is 16.6. The van der Waals surface area contributed by atoms with Crippen LogP contribution in [0.1, 0.15) is 70.9 Å². The number of allylic oxidation sites excluding steroid dienone is 2. The Morgan fingerprint density at radius 1 is 1.02 bits per heavy atom. The average Bonchev–Trinajstić information content (AvgIpc) is 3.22. The number of rotatable bonds is 16. The molecule has 1 aliphatic heterocycles. The molecule has 3 atom stereocenters. The number of nitrogens with one attached hydrogen (secondary N) is 3. The number of para-hydroxylation sites is 1. The normalized spacial score (nSPS) is 18.4. The molecule has 0 saturated carbocycles. The van der Waals surface area contributed by atoms with Gasteiger partial charge in [0.1, 0.15) is 40.1 Å². The number of hydrogen-bond acceptors (Lipinski definition) is 10. The van der Waals surface area contributed by atoms with Crippen LogP contribution in [0.2, 0.25) is 0 Å². The van der Waals surface area contributed by atoms with Crippen LogP contribution < -0.4 is 20.3 Å². The molecule has 2 aromatic rings. The van der Waals surface area contributed by atoms with Gasteiger partial charge in [0.2, 0.25) is 11.7 Å². The molecule has 5 N–H and O–H groups in total. The Morgan fingerprint density at radius 3 is 2.24 bits per heavy atom. The number of anilines is 1. The smallest absolute Gasteiger partial charge is 0.325 e. The van der Waals surface area contributed by atoms with Crippen LogP contribution in [0.15, 0.2) is 77.0 Å². The maximum atomic E-state index is 14.6. The van der Waals surface area contributed by atoms with Crippen LogP contribution in [-0.2, 0) is 28.7 Å². The molecule has 3 amide bonds. The molecule has 1 aliphatic carbocycles. The van der Waals surface area contributed by atoms with Gasteiger partial charge in [-0.05, 0) is 73.9 Å². The number of phenols is 1. The Morgan fingerprint density at radius 2 is 1.66 bits per heavy atom. The summed E-state index contributed by atoms with van der Waals surface area (Å²) in [5, 5.41) is 23.1. The SMILES string of the molecule is CCCCC1(CCCC)NSC2=C(C(=O)C(SC)C(OCC(=O)N[C@@H](C(=O)N[C@@H](C)C(=O)O)c3ccc(O)cc3)=C2)N(c2ccccc2)C1=O. The lowest BCUT2D eigenvalue weighted by Gasteiger charge is -2.36. The molecule has 0 spiro atoms. The first-order valence-corrected chi connectivity index (χ1v) is 18.7. The van der Waals surface area contributed by atoms with Crippen LogP contribution in [0.25, 0.3) is 0 Å². The second-order valence-electron chi connectivity index (χ2n) is 12.2. The number of carbonyl (C=O) groups is 5. The molecule has 14 heteroatoms. The maximum Gasteiger partial charge on any atom is 0.325 e. The van der Waals surface area contributed by atoms with Gasteiger partial charge in [-0.2, -0.15) is 0 Å². The summed E-state index contributed by atoms with van der Waals surface area (Å²) in [4.78, 5) is 68.7. The minimum atomic E-state index is -1.30. The number of ketones is 1. The van der Waals surface area contributed by atoms with Crippen molar-refractivity contribution < 1.29 is 38.9 Å². The van der Waals surface area contributed by atoms with Gasteiger partial charge in [0.05, 0.1) is 4.91 Å². The number of thioether (sulfide) groups is 1. The predicted octanol–water partition coefficient (Wildman–Crippen LogP) is 4.97. The molecule has 50 heavy (non-hydrogen) atoms. The standard InChI is InChI=1S/C36H44N4O8S2/c1-5-7-18-36(19-8-6-2)35(47)40(24-12-10-9-11-13-24)30-27(50-39-36)20-26(32(49-4)31(30)43)48-21-28(42)38-29(23-14-16-25(41)17-15-23)33(44)37-22(3)34(45)46/h9-17,20,22,29,32,39,41H,5-8,18-19,21H2,1-4H3,(H,37,44)(H,38,42)(H,45,46)/t22-,29+,32?/m0/s1. The summed E-state index contributed by atoms with van der Waals surface area (Å²) in [5.41, 5.74) is 0.195. The Bertz CT molecular complexity index is 1620. The summed E-state index contributed by atoms with van der Waals surface area (Å²) in [5.74, 6) is -3.12. The highest BCUT2D eigenvalue weighted by atomic mass is 32.2. The molecular formula is C36H44N4O8S2. The number of carboxylic acids is 1. The second kappa shape index (κ2) is 17.6. The van der Waals surface area contributed by atoms with Crippen LogP contribution >= 0.6 is 23.7 Å². The molecule has 0 bridgehead atoms. The third-order valence-corrected chi connectivity index (χ3v) is 10.4. The molecule has 0 aromatic heterocycles. The van der Waals surface area contributed by atoms with Gasteiger partial charge < -0.3 is 25.6 Å². The summed E-state index contributed by atoms with van der Waals surface area (Å²) in [6.07, 6.45) is 8.02. The van der Waals surface area contributed by atoms with Crippen molar-refractivity contribution in [2.75, 3.05) is 17.8 Å². The van der Waals surface area contributed by atoms with Gasteiger partial charge in [-0.1, -0.05) is 69.9 Å². The summed E-state index contributed by atoms with van der Waals surface area (Å²) in [7, 11) is 0. The van der Waals surface area contributed by atoms with E-state index in [-0.39, 0.29) is 28.9 Å². The molecule has 268 valence electrons. The van der Waals surface area contributed by atoms with Gasteiger partial charge in [-0.25, -0.2) is 4.72 Å². The first-order chi connectivity index (χ1) is 24.0. The molecule has 2 aromatic carbocycles. The van der Waals surface area contributed by atoms with E-state index in [1.165, 1.54) is 59.8 Å². The van der Waals surface area contributed by atoms with E-state index in [0.717, 1.165) is 25.7 Å². The fourth-order valence-corrected chi connectivity index (χ4v) is 7.45. The van der Waals surface area contributed by atoms with E-state index in [4.69, 9.17) is 4.74 Å². The fourth-order valence-electron chi connectivity index (χ4n) is 5.70. The van der Waals surface area contributed by atoms with Crippen molar-refractivity contribution in [2.24, 2.45) is 0 Å². The molecular weight excluding hydrogens is 681 g/mol. The monoisotopic (exact) mass is 724 g/mol. The van der Waals surface area contributed by atoms with Crippen LogP contribution in [0.3, 0.4) is 0 Å². The van der Waals surface area contributed by atoms with E-state index >= 15 is 0 Å². The number of carboxylic acid groups (broad SMARTS) is 1. The number of carbonyl (C=O) groups excluding carboxylic acids is 4. The van der Waals surface area contributed by atoms with Gasteiger partial charge >= 0.3 is 5.97 Å². The van der Waals surface area contributed by atoms with Crippen molar-refractivity contribution in [3.63, 3.8) is 0 Å². The van der Waals surface area contributed by atoms with Gasteiger partial charge in [-0.3, -0.25) is 28.9 Å². The van der Waals surface area contributed by atoms with Crippen molar-refractivity contribution in [1.29, 1.82) is 0 Å². The summed E-state index contributed by atoms with van der Waals surface area (Å²) in [6.45, 7) is 4.88. The lowest BCUT2D eigenvalue weighted by atomic mass is 9.86. The highest BCUT2D eigenvalue weighted by molar-refractivity contribution is 8.01. The zero-order valence-electron chi connectivity index (χ0n) is 28.6. The number of aromatic hydroxyl groups is 1. The number of ether oxygens (including phenoxy) is 1. The highest BCUT2D eigenvalue weighted by Gasteiger charge is 2.48. The number of phenolic OH excluding ortho intramolecular Hbond substituents is 1. The summed E-state index contributed by atoms with van der Waals surface area (Å²) >= 11 is 2.42. The third-order valence-electron chi connectivity index (χ3n) is 8.49. The molecule has 2 aliphatic rings. The molecule has 1 unspecified atom stereocenters. The molecule has 0 radical (unpaired) electrons. The third kappa shape index (κ3) is 8.90. The van der Waals surface area contributed by atoms with Gasteiger partial charge in [0.25, 0.3) is 11.8 Å². The van der Waals surface area contributed by atoms with Crippen LogP contribution in [-0.4, -0.2) is 69.4 Å². The van der Waals surface area contributed by atoms with E-state index in [2.05, 4.69) is 29.2 Å². The van der Waals surface area contributed by atoms with E-state index in [1.54, 1.807) is 12.3 Å². The lowest BCUT2D eigenvalue weighted by Crippen LogP contribution is -2.55. The van der Waals surface area contributed by atoms with Gasteiger partial charge in [-0.15, -0.1) is 11.8 Å². The number of benzene rings is 2. The topological polar surface area (TPSA) is 174 Å². The Balaban J connectivity index is 1.65. The van der Waals surface area contributed by atoms with Crippen molar-refractivity contribution in [3.8, 4) is 5.75 Å². The minimum absolute atomic E-state index is 0.0569. The highest BCUT2D eigenvalue weighted by Crippen LogP contribution is 2.43. The fraction of sp³-hybridized carbons (Fsp3) is 0.417. The number of nitrogens with zero attached hydrogens (tertiary/aromatic N) is 1. The first kappa shape index (κ1) is 38.5. The van der Waals surface area contributed by atoms with Crippen molar-refractivity contribution in [2.45, 2.75) is 82.2 Å². The Kier molecular flexibility index (Phi) is 13.6. The van der Waals surface area contributed by atoms with E-state index in [9.17, 15) is 34.2 Å². The quantitative estimate of drug-likeness (QED) is 0.148. The van der Waals surface area contributed by atoms with Crippen LogP contribution in [0.4, 0.5) is 5.69 Å². The number of unbranched alkanes of at least 4 members (excludes halogenated alkanes) is 2. The van der Waals surface area contributed by atoms with Crippen molar-refractivity contribution in [3.05, 3.63) is 82.6 Å². The minimum Gasteiger partial charge on any atom is -0.508 e. The maximum absolute atomic E-state index is 14.6. The Hall–Kier alpha value is -4.27.